The number of rotatable bonds is 6. The molecule has 1 N–H and O–H groups in total. The number of furan rings is 1. The lowest BCUT2D eigenvalue weighted by atomic mass is 9.92. The summed E-state index contributed by atoms with van der Waals surface area (Å²) < 4.78 is 5.46. The molecule has 7 heteroatoms. The summed E-state index contributed by atoms with van der Waals surface area (Å²) in [7, 11) is 0. The molecule has 1 atom stereocenters. The summed E-state index contributed by atoms with van der Waals surface area (Å²) in [5, 5.41) is 11.7. The van der Waals surface area contributed by atoms with Gasteiger partial charge in [0.05, 0.1) is 35.0 Å². The van der Waals surface area contributed by atoms with Crippen LogP contribution in [0.3, 0.4) is 0 Å². The van der Waals surface area contributed by atoms with Crippen LogP contribution in [0.25, 0.3) is 10.6 Å². The lowest BCUT2D eigenvalue weighted by molar-refractivity contribution is -0.130. The molecule has 1 aliphatic rings. The van der Waals surface area contributed by atoms with Crippen LogP contribution < -0.4 is 0 Å². The number of hydrogen-bond acceptors (Lipinski definition) is 6. The largest absolute Gasteiger partial charge is 0.503 e. The smallest absolute Gasteiger partial charge is 0.290 e. The Morgan fingerprint density at radius 1 is 1.06 bits per heavy atom. The summed E-state index contributed by atoms with van der Waals surface area (Å²) >= 11 is 1.26. The molecule has 0 saturated heterocycles. The fourth-order valence-electron chi connectivity index (χ4n) is 4.27. The summed E-state index contributed by atoms with van der Waals surface area (Å²) in [4.78, 5) is 33.5. The number of amides is 1. The van der Waals surface area contributed by atoms with Gasteiger partial charge < -0.3 is 14.4 Å². The molecule has 5 rings (SSSR count). The average Bonchev–Trinajstić information content (AvgIpc) is 3.55. The van der Waals surface area contributed by atoms with Crippen molar-refractivity contribution in [1.82, 2.24) is 9.88 Å². The highest BCUT2D eigenvalue weighted by atomic mass is 32.1. The van der Waals surface area contributed by atoms with Crippen LogP contribution in [0.4, 0.5) is 0 Å². The van der Waals surface area contributed by atoms with E-state index in [0.717, 1.165) is 16.7 Å². The lowest BCUT2D eigenvalue weighted by Crippen LogP contribution is -2.31. The van der Waals surface area contributed by atoms with E-state index in [1.165, 1.54) is 22.5 Å². The monoisotopic (exact) mass is 470 g/mol. The minimum absolute atomic E-state index is 0.0669. The van der Waals surface area contributed by atoms with Crippen LogP contribution >= 0.6 is 11.3 Å². The number of carbonyl (C=O) groups excluding carboxylic acids is 2. The van der Waals surface area contributed by atoms with E-state index in [1.807, 2.05) is 61.5 Å². The highest BCUT2D eigenvalue weighted by Crippen LogP contribution is 2.42. The highest BCUT2D eigenvalue weighted by Gasteiger charge is 2.45. The Morgan fingerprint density at radius 3 is 2.50 bits per heavy atom. The van der Waals surface area contributed by atoms with Gasteiger partial charge in [0.25, 0.3) is 5.91 Å². The van der Waals surface area contributed by atoms with Crippen LogP contribution in [0, 0.1) is 13.8 Å². The molecule has 170 valence electrons. The maximum Gasteiger partial charge on any atom is 0.290 e. The van der Waals surface area contributed by atoms with Crippen molar-refractivity contribution in [3.8, 4) is 10.6 Å². The van der Waals surface area contributed by atoms with Crippen LogP contribution in [0.1, 0.15) is 38.3 Å². The van der Waals surface area contributed by atoms with Crippen LogP contribution in [0.5, 0.6) is 0 Å². The van der Waals surface area contributed by atoms with Gasteiger partial charge in [0.15, 0.2) is 5.76 Å². The van der Waals surface area contributed by atoms with Crippen molar-refractivity contribution in [2.24, 2.45) is 0 Å². The van der Waals surface area contributed by atoms with Gasteiger partial charge in [-0.05, 0) is 37.1 Å². The lowest BCUT2D eigenvalue weighted by Gasteiger charge is -2.27. The molecule has 0 saturated carbocycles. The quantitative estimate of drug-likeness (QED) is 0.360. The van der Waals surface area contributed by atoms with E-state index in [2.05, 4.69) is 4.98 Å². The second-order valence-electron chi connectivity index (χ2n) is 8.16. The molecule has 0 fully saturated rings. The predicted molar refractivity (Wildman–Crippen MR) is 129 cm³/mol. The first kappa shape index (κ1) is 21.9. The summed E-state index contributed by atoms with van der Waals surface area (Å²) in [5.41, 5.74) is 3.23. The summed E-state index contributed by atoms with van der Waals surface area (Å²) in [6.45, 7) is 3.82. The Labute approximate surface area is 200 Å². The molecule has 4 aromatic rings. The molecule has 34 heavy (non-hydrogen) atoms. The molecule has 0 spiro atoms. The van der Waals surface area contributed by atoms with Gasteiger partial charge in [0, 0.05) is 5.56 Å². The summed E-state index contributed by atoms with van der Waals surface area (Å²) in [6, 6.07) is 19.9. The van der Waals surface area contributed by atoms with E-state index in [9.17, 15) is 14.7 Å². The molecule has 2 aromatic carbocycles. The molecule has 1 amide bonds. The Morgan fingerprint density at radius 2 is 1.79 bits per heavy atom. The molecular formula is C27H22N2O4S. The second-order valence-corrected chi connectivity index (χ2v) is 9.16. The van der Waals surface area contributed by atoms with E-state index in [4.69, 9.17) is 4.42 Å². The van der Waals surface area contributed by atoms with Crippen molar-refractivity contribution in [2.75, 3.05) is 0 Å². The molecule has 1 aliphatic heterocycles. The Balaban J connectivity index is 1.60. The van der Waals surface area contributed by atoms with Crippen molar-refractivity contribution < 1.29 is 19.1 Å². The van der Waals surface area contributed by atoms with Gasteiger partial charge in [0.2, 0.25) is 5.78 Å². The van der Waals surface area contributed by atoms with Gasteiger partial charge in [-0.3, -0.25) is 9.59 Å². The zero-order valence-electron chi connectivity index (χ0n) is 18.7. The first-order valence-electron chi connectivity index (χ1n) is 10.8. The topological polar surface area (TPSA) is 83.6 Å². The number of thiazole rings is 1. The Bertz CT molecular complexity index is 1400. The van der Waals surface area contributed by atoms with Crippen LogP contribution in [-0.4, -0.2) is 26.7 Å². The average molecular weight is 471 g/mol. The van der Waals surface area contributed by atoms with E-state index in [1.54, 1.807) is 19.1 Å². The van der Waals surface area contributed by atoms with Crippen LogP contribution in [0.15, 0.2) is 88.7 Å². The number of ketones is 1. The number of carbonyl (C=O) groups is 2. The number of Topliss-reactive ketones (excluding diaryl/α,β-unsaturated/α-hetero) is 1. The highest BCUT2D eigenvalue weighted by molar-refractivity contribution is 7.17. The molecule has 0 bridgehead atoms. The number of benzene rings is 2. The van der Waals surface area contributed by atoms with Crippen LogP contribution in [0.2, 0.25) is 0 Å². The van der Waals surface area contributed by atoms with Gasteiger partial charge in [-0.25, -0.2) is 4.98 Å². The van der Waals surface area contributed by atoms with E-state index < -0.39 is 23.5 Å². The number of aliphatic hydroxyl groups excluding tert-OH is 1. The van der Waals surface area contributed by atoms with Crippen molar-refractivity contribution in [3.63, 3.8) is 0 Å². The minimum atomic E-state index is -0.743. The van der Waals surface area contributed by atoms with E-state index in [0.29, 0.717) is 21.3 Å². The van der Waals surface area contributed by atoms with Crippen molar-refractivity contribution in [2.45, 2.75) is 26.4 Å². The third-order valence-electron chi connectivity index (χ3n) is 5.96. The zero-order valence-corrected chi connectivity index (χ0v) is 19.5. The summed E-state index contributed by atoms with van der Waals surface area (Å²) in [5.74, 6) is -0.954. The first-order valence-corrected chi connectivity index (χ1v) is 11.7. The molecule has 3 heterocycles. The van der Waals surface area contributed by atoms with E-state index >= 15 is 0 Å². The van der Waals surface area contributed by atoms with Crippen LogP contribution in [-0.2, 0) is 11.3 Å². The number of hydrogen-bond donors (Lipinski definition) is 1. The molecule has 1 unspecified atom stereocenters. The maximum atomic E-state index is 13.9. The maximum absolute atomic E-state index is 13.9. The predicted octanol–water partition coefficient (Wildman–Crippen LogP) is 5.80. The minimum Gasteiger partial charge on any atom is -0.503 e. The van der Waals surface area contributed by atoms with Gasteiger partial charge >= 0.3 is 0 Å². The normalized spacial score (nSPS) is 15.9. The van der Waals surface area contributed by atoms with Crippen molar-refractivity contribution in [1.29, 1.82) is 0 Å². The number of aromatic nitrogens is 1. The molecular weight excluding hydrogens is 448 g/mol. The van der Waals surface area contributed by atoms with Gasteiger partial charge in [-0.2, -0.15) is 0 Å². The third kappa shape index (κ3) is 3.74. The molecule has 6 nitrogen and oxygen atoms in total. The van der Waals surface area contributed by atoms with Gasteiger partial charge in [-0.15, -0.1) is 11.3 Å². The number of aliphatic hydroxyl groups is 1. The Kier molecular flexibility index (Phi) is 5.63. The number of nitrogens with zero attached hydrogens (tertiary/aromatic N) is 2. The fraction of sp³-hybridized carbons (Fsp3) is 0.148. The Hall–Kier alpha value is -3.97. The molecule has 2 aromatic heterocycles. The summed E-state index contributed by atoms with van der Waals surface area (Å²) in [6.07, 6.45) is 1.53. The van der Waals surface area contributed by atoms with Crippen molar-refractivity contribution in [3.05, 3.63) is 112 Å². The molecule has 0 radical (unpaired) electrons. The number of aryl methyl sites for hydroxylation is 2. The first-order chi connectivity index (χ1) is 16.5. The standard InChI is InChI=1S/C27H22N2O4S/c1-16-9-6-7-13-20(16)22-21(24(31)27(32)29(22)15-19-12-8-14-33-19)23(30)25-17(2)28-26(34-25)18-10-4-3-5-11-18/h3-14,22,31H,15H2,1-2H3. The van der Waals surface area contributed by atoms with Gasteiger partial charge in [0.1, 0.15) is 10.8 Å². The van der Waals surface area contributed by atoms with E-state index in [-0.39, 0.29) is 12.1 Å². The zero-order chi connectivity index (χ0) is 23.8. The molecule has 0 aliphatic carbocycles. The third-order valence-corrected chi connectivity index (χ3v) is 7.17. The van der Waals surface area contributed by atoms with Gasteiger partial charge in [-0.1, -0.05) is 54.6 Å². The second kappa shape index (κ2) is 8.76. The van der Waals surface area contributed by atoms with Crippen molar-refractivity contribution >= 4 is 23.0 Å². The SMILES string of the molecule is Cc1ccccc1C1C(C(=O)c2sc(-c3ccccc3)nc2C)=C(O)C(=O)N1Cc1ccco1. The fourth-order valence-corrected chi connectivity index (χ4v) is 5.30.